The number of carbonyl (C=O) groups is 1. The fraction of sp³-hybridized carbons (Fsp3) is 0.348. The van der Waals surface area contributed by atoms with E-state index in [0.717, 1.165) is 10.4 Å². The molecule has 14 heteroatoms. The van der Waals surface area contributed by atoms with Crippen LogP contribution in [0.2, 0.25) is 0 Å². The van der Waals surface area contributed by atoms with Crippen LogP contribution in [-0.2, 0) is 35.7 Å². The minimum absolute atomic E-state index is 0.0385. The molecule has 2 aliphatic heterocycles. The van der Waals surface area contributed by atoms with Gasteiger partial charge in [0.15, 0.2) is 0 Å². The molecule has 1 spiro atoms. The maximum absolute atomic E-state index is 13.6. The van der Waals surface area contributed by atoms with Crippen LogP contribution in [0.15, 0.2) is 71.3 Å². The Kier molecular flexibility index (Phi) is 7.03. The molecular formula is C23H23F3N2O7S2. The van der Waals surface area contributed by atoms with Crippen molar-refractivity contribution in [2.24, 2.45) is 5.41 Å². The molecule has 1 amide bonds. The monoisotopic (exact) mass is 560 g/mol. The zero-order valence-electron chi connectivity index (χ0n) is 19.5. The second kappa shape index (κ2) is 9.65. The Morgan fingerprint density at radius 2 is 1.65 bits per heavy atom. The third kappa shape index (κ3) is 5.05. The predicted octanol–water partition coefficient (Wildman–Crippen LogP) is 2.87. The number of benzene rings is 2. The van der Waals surface area contributed by atoms with E-state index in [4.69, 9.17) is 4.74 Å². The van der Waals surface area contributed by atoms with E-state index in [1.807, 2.05) is 0 Å². The lowest BCUT2D eigenvalue weighted by Gasteiger charge is -2.37. The molecule has 0 saturated carbocycles. The summed E-state index contributed by atoms with van der Waals surface area (Å²) in [4.78, 5) is 14.9. The van der Waals surface area contributed by atoms with Crippen molar-refractivity contribution in [2.45, 2.75) is 23.4 Å². The maximum atomic E-state index is 13.6. The fourth-order valence-corrected chi connectivity index (χ4v) is 6.36. The van der Waals surface area contributed by atoms with E-state index in [-0.39, 0.29) is 24.4 Å². The zero-order valence-corrected chi connectivity index (χ0v) is 21.1. The van der Waals surface area contributed by atoms with Crippen molar-refractivity contribution in [3.8, 4) is 5.75 Å². The molecule has 4 rings (SSSR count). The first-order valence-electron chi connectivity index (χ1n) is 11.0. The Morgan fingerprint density at radius 1 is 1.00 bits per heavy atom. The summed E-state index contributed by atoms with van der Waals surface area (Å²) in [6, 6.07) is 14.1. The highest BCUT2D eigenvalue weighted by Crippen LogP contribution is 2.46. The molecular weight excluding hydrogens is 537 g/mol. The highest BCUT2D eigenvalue weighted by Gasteiger charge is 2.58. The molecule has 1 unspecified atom stereocenters. The second-order valence-corrected chi connectivity index (χ2v) is 12.0. The lowest BCUT2D eigenvalue weighted by Crippen LogP contribution is -2.50. The molecule has 1 fully saturated rings. The lowest BCUT2D eigenvalue weighted by atomic mass is 9.82. The van der Waals surface area contributed by atoms with Gasteiger partial charge in [0.05, 0.1) is 12.0 Å². The van der Waals surface area contributed by atoms with E-state index < -0.39 is 55.8 Å². The van der Waals surface area contributed by atoms with Crippen LogP contribution in [0.4, 0.5) is 13.2 Å². The average molecular weight is 561 g/mol. The summed E-state index contributed by atoms with van der Waals surface area (Å²) in [5, 5.41) is 0. The minimum Gasteiger partial charge on any atom is -0.497 e. The van der Waals surface area contributed by atoms with Gasteiger partial charge in [0.25, 0.3) is 0 Å². The number of likely N-dealkylation sites (tertiary alicyclic amines) is 1. The van der Waals surface area contributed by atoms with E-state index in [9.17, 15) is 34.8 Å². The van der Waals surface area contributed by atoms with Crippen LogP contribution < -0.4 is 4.74 Å². The average Bonchev–Trinajstić information content (AvgIpc) is 3.16. The summed E-state index contributed by atoms with van der Waals surface area (Å²) in [5.41, 5.74) is -7.00. The molecule has 200 valence electrons. The molecule has 2 aromatic rings. The van der Waals surface area contributed by atoms with Gasteiger partial charge in [0.2, 0.25) is 15.9 Å². The van der Waals surface area contributed by atoms with E-state index in [1.165, 1.54) is 36.3 Å². The van der Waals surface area contributed by atoms with Crippen LogP contribution in [0, 0.1) is 5.41 Å². The van der Waals surface area contributed by atoms with Crippen LogP contribution in [0.5, 0.6) is 5.75 Å². The molecule has 9 nitrogen and oxygen atoms in total. The Bertz CT molecular complexity index is 1410. The van der Waals surface area contributed by atoms with Gasteiger partial charge < -0.3 is 13.8 Å². The van der Waals surface area contributed by atoms with Crippen molar-refractivity contribution >= 4 is 26.0 Å². The quantitative estimate of drug-likeness (QED) is 0.378. The standard InChI is InChI=1S/C23H23F3N2O7S2/c1-34-18-9-7-17(8-10-18)15-27-14-12-22(21(27)29)16-28(36(30,31)19-5-3-2-4-6-19)13-11-20(22)35-37(32,33)23(24,25)26/h2-11H,12-16H2,1H3. The van der Waals surface area contributed by atoms with E-state index in [1.54, 1.807) is 30.3 Å². The number of methoxy groups -OCH3 is 1. The van der Waals surface area contributed by atoms with Gasteiger partial charge in [-0.25, -0.2) is 8.42 Å². The Morgan fingerprint density at radius 3 is 2.24 bits per heavy atom. The van der Waals surface area contributed by atoms with Crippen LogP contribution in [0.25, 0.3) is 0 Å². The van der Waals surface area contributed by atoms with Gasteiger partial charge >= 0.3 is 15.6 Å². The summed E-state index contributed by atoms with van der Waals surface area (Å²) in [7, 11) is -8.76. The van der Waals surface area contributed by atoms with Crippen molar-refractivity contribution in [3.05, 3.63) is 72.0 Å². The first-order valence-corrected chi connectivity index (χ1v) is 13.8. The molecule has 1 atom stereocenters. The third-order valence-electron chi connectivity index (χ3n) is 6.30. The van der Waals surface area contributed by atoms with Gasteiger partial charge in [-0.15, -0.1) is 0 Å². The van der Waals surface area contributed by atoms with Crippen molar-refractivity contribution < 1.29 is 43.7 Å². The molecule has 0 aromatic heterocycles. The topological polar surface area (TPSA) is 110 Å². The second-order valence-electron chi connectivity index (χ2n) is 8.57. The first-order chi connectivity index (χ1) is 17.3. The van der Waals surface area contributed by atoms with E-state index >= 15 is 0 Å². The largest absolute Gasteiger partial charge is 0.534 e. The number of hydrogen-bond acceptors (Lipinski definition) is 7. The molecule has 0 bridgehead atoms. The summed E-state index contributed by atoms with van der Waals surface area (Å²) in [6.07, 6.45) is 0.768. The number of rotatable bonds is 7. The van der Waals surface area contributed by atoms with Crippen LogP contribution in [-0.4, -0.2) is 64.2 Å². The molecule has 2 aromatic carbocycles. The number of nitrogens with zero attached hydrogens (tertiary/aromatic N) is 2. The van der Waals surface area contributed by atoms with Gasteiger partial charge in [0, 0.05) is 26.2 Å². The Balaban J connectivity index is 1.70. The third-order valence-corrected chi connectivity index (χ3v) is 9.09. The number of halogens is 3. The van der Waals surface area contributed by atoms with Crippen molar-refractivity contribution in [1.29, 1.82) is 0 Å². The van der Waals surface area contributed by atoms with Gasteiger partial charge in [-0.2, -0.15) is 25.9 Å². The number of carbonyl (C=O) groups excluding carboxylic acids is 1. The van der Waals surface area contributed by atoms with Crippen LogP contribution >= 0.6 is 0 Å². The van der Waals surface area contributed by atoms with Gasteiger partial charge in [-0.3, -0.25) is 4.79 Å². The summed E-state index contributed by atoms with van der Waals surface area (Å²) < 4.78 is 100. The summed E-state index contributed by atoms with van der Waals surface area (Å²) in [5.74, 6) is -0.885. The predicted molar refractivity (Wildman–Crippen MR) is 125 cm³/mol. The molecule has 1 saturated heterocycles. The fourth-order valence-electron chi connectivity index (χ4n) is 4.34. The van der Waals surface area contributed by atoms with Gasteiger partial charge in [-0.1, -0.05) is 30.3 Å². The van der Waals surface area contributed by atoms with E-state index in [0.29, 0.717) is 11.3 Å². The highest BCUT2D eigenvalue weighted by atomic mass is 32.2. The minimum atomic E-state index is -6.09. The smallest absolute Gasteiger partial charge is 0.497 e. The summed E-state index contributed by atoms with van der Waals surface area (Å²) >= 11 is 0. The molecule has 2 aliphatic rings. The Labute approximate surface area is 212 Å². The highest BCUT2D eigenvalue weighted by molar-refractivity contribution is 7.89. The molecule has 2 heterocycles. The van der Waals surface area contributed by atoms with Crippen molar-refractivity contribution in [3.63, 3.8) is 0 Å². The first kappa shape index (κ1) is 26.9. The number of alkyl halides is 3. The lowest BCUT2D eigenvalue weighted by molar-refractivity contribution is -0.136. The van der Waals surface area contributed by atoms with E-state index in [2.05, 4.69) is 4.18 Å². The Hall–Kier alpha value is -3.10. The zero-order chi connectivity index (χ0) is 27.1. The van der Waals surface area contributed by atoms with Crippen molar-refractivity contribution in [1.82, 2.24) is 9.21 Å². The number of ether oxygens (including phenoxy) is 1. The molecule has 0 N–H and O–H groups in total. The molecule has 0 aliphatic carbocycles. The maximum Gasteiger partial charge on any atom is 0.534 e. The normalized spacial score (nSPS) is 21.2. The number of amides is 1. The van der Waals surface area contributed by atoms with Gasteiger partial charge in [0.1, 0.15) is 16.9 Å². The molecule has 37 heavy (non-hydrogen) atoms. The SMILES string of the molecule is COc1ccc(CN2CCC3(CN(S(=O)(=O)c4ccccc4)CC=C3OS(=O)(=O)C(F)(F)F)C2=O)cc1. The van der Waals surface area contributed by atoms with Crippen molar-refractivity contribution in [2.75, 3.05) is 26.7 Å². The van der Waals surface area contributed by atoms with Crippen LogP contribution in [0.3, 0.4) is 0 Å². The summed E-state index contributed by atoms with van der Waals surface area (Å²) in [6.45, 7) is -0.957. The number of hydrogen-bond donors (Lipinski definition) is 0. The number of sulfonamides is 1. The van der Waals surface area contributed by atoms with Gasteiger partial charge in [-0.05, 0) is 42.3 Å². The van der Waals surface area contributed by atoms with Crippen LogP contribution in [0.1, 0.15) is 12.0 Å². The molecule has 0 radical (unpaired) electrons.